The maximum Gasteiger partial charge on any atom is 0.274 e. The Bertz CT molecular complexity index is 782. The fraction of sp³-hybridized carbons (Fsp3) is 0.500. The van der Waals surface area contributed by atoms with Gasteiger partial charge in [0, 0.05) is 25.1 Å². The van der Waals surface area contributed by atoms with Crippen LogP contribution in [0.2, 0.25) is 0 Å². The molecule has 1 saturated heterocycles. The van der Waals surface area contributed by atoms with E-state index >= 15 is 0 Å². The summed E-state index contributed by atoms with van der Waals surface area (Å²) >= 11 is 0. The molecule has 0 radical (unpaired) electrons. The topological polar surface area (TPSA) is 87.7 Å². The molecule has 1 aromatic carbocycles. The number of methoxy groups -OCH3 is 1. The highest BCUT2D eigenvalue weighted by Crippen LogP contribution is 2.27. The Labute approximate surface area is 159 Å². The molecule has 1 amide bonds. The van der Waals surface area contributed by atoms with Gasteiger partial charge in [-0.3, -0.25) is 9.89 Å². The predicted octanol–water partition coefficient (Wildman–Crippen LogP) is 2.62. The largest absolute Gasteiger partial charge is 0.497 e. The Morgan fingerprint density at radius 1 is 1.37 bits per heavy atom. The van der Waals surface area contributed by atoms with Gasteiger partial charge in [-0.1, -0.05) is 6.07 Å². The van der Waals surface area contributed by atoms with E-state index in [0.29, 0.717) is 24.5 Å². The summed E-state index contributed by atoms with van der Waals surface area (Å²) in [5.41, 5.74) is 0.299. The number of amides is 1. The van der Waals surface area contributed by atoms with Crippen molar-refractivity contribution >= 4 is 5.91 Å². The molecule has 2 aromatic rings. The third-order valence-corrected chi connectivity index (χ3v) is 4.99. The molecule has 7 nitrogen and oxygen atoms in total. The number of aliphatic hydroxyl groups is 1. The molecule has 0 bridgehead atoms. The van der Waals surface area contributed by atoms with Gasteiger partial charge in [0.1, 0.15) is 18.1 Å². The fourth-order valence-corrected chi connectivity index (χ4v) is 3.30. The van der Waals surface area contributed by atoms with Crippen LogP contribution in [0.3, 0.4) is 0 Å². The molecule has 27 heavy (non-hydrogen) atoms. The van der Waals surface area contributed by atoms with Gasteiger partial charge in [-0.05, 0) is 44.9 Å². The number of hydrogen-bond donors (Lipinski definition) is 2. The van der Waals surface area contributed by atoms with Crippen molar-refractivity contribution in [1.29, 1.82) is 0 Å². The second-order valence-corrected chi connectivity index (χ2v) is 7.49. The number of hydrogen-bond acceptors (Lipinski definition) is 5. The van der Waals surface area contributed by atoms with Crippen LogP contribution >= 0.6 is 0 Å². The van der Waals surface area contributed by atoms with Gasteiger partial charge in [-0.25, -0.2) is 0 Å². The van der Waals surface area contributed by atoms with E-state index in [1.54, 1.807) is 38.0 Å². The lowest BCUT2D eigenvalue weighted by Gasteiger charge is -2.38. The number of rotatable bonds is 6. The molecule has 7 heteroatoms. The van der Waals surface area contributed by atoms with E-state index in [1.165, 1.54) is 0 Å². The van der Waals surface area contributed by atoms with E-state index in [0.717, 1.165) is 24.3 Å². The Hall–Kier alpha value is -2.54. The van der Waals surface area contributed by atoms with Crippen LogP contribution < -0.4 is 9.47 Å². The number of H-pyrrole nitrogens is 1. The van der Waals surface area contributed by atoms with Crippen molar-refractivity contribution in [2.24, 2.45) is 5.92 Å². The van der Waals surface area contributed by atoms with Gasteiger partial charge in [-0.2, -0.15) is 5.10 Å². The average Bonchev–Trinajstić information content (AvgIpc) is 3.14. The van der Waals surface area contributed by atoms with Crippen molar-refractivity contribution in [3.05, 3.63) is 41.7 Å². The van der Waals surface area contributed by atoms with Crippen molar-refractivity contribution in [3.8, 4) is 11.5 Å². The quantitative estimate of drug-likeness (QED) is 0.813. The highest BCUT2D eigenvalue weighted by atomic mass is 16.5. The molecule has 0 aliphatic carbocycles. The number of benzene rings is 1. The minimum absolute atomic E-state index is 0.0741. The number of ether oxygens (including phenoxy) is 2. The molecule has 1 aliphatic heterocycles. The molecule has 0 spiro atoms. The maximum absolute atomic E-state index is 12.7. The average molecular weight is 373 g/mol. The summed E-state index contributed by atoms with van der Waals surface area (Å²) in [6.07, 6.45) is 1.81. The van der Waals surface area contributed by atoms with E-state index in [2.05, 4.69) is 10.2 Å². The molecule has 1 aromatic heterocycles. The summed E-state index contributed by atoms with van der Waals surface area (Å²) in [5, 5.41) is 17.3. The first kappa shape index (κ1) is 19.2. The van der Waals surface area contributed by atoms with E-state index < -0.39 is 5.60 Å². The number of piperidine rings is 1. The molecule has 1 fully saturated rings. The Balaban J connectivity index is 1.60. The fourth-order valence-electron chi connectivity index (χ4n) is 3.30. The normalized spacial score (nSPS) is 17.6. The molecule has 1 aliphatic rings. The standard InChI is InChI=1S/C20H27N3O4/c1-20(2,25)14-6-5-9-23(12-14)19(24)18-10-15(21-22-18)13-27-17-8-4-7-16(11-17)26-3/h4,7-8,10-11,14,25H,5-6,9,12-13H2,1-3H3,(H,21,22). The summed E-state index contributed by atoms with van der Waals surface area (Å²) in [6, 6.07) is 9.06. The number of aromatic amines is 1. The molecule has 1 unspecified atom stereocenters. The lowest BCUT2D eigenvalue weighted by Crippen LogP contribution is -2.47. The molecule has 0 saturated carbocycles. The molecule has 2 N–H and O–H groups in total. The molecular weight excluding hydrogens is 346 g/mol. The van der Waals surface area contributed by atoms with Crippen molar-refractivity contribution < 1.29 is 19.4 Å². The van der Waals surface area contributed by atoms with E-state index in [-0.39, 0.29) is 18.4 Å². The zero-order chi connectivity index (χ0) is 19.4. The van der Waals surface area contributed by atoms with Crippen molar-refractivity contribution in [2.75, 3.05) is 20.2 Å². The van der Waals surface area contributed by atoms with Gasteiger partial charge in [0.15, 0.2) is 5.69 Å². The Morgan fingerprint density at radius 3 is 2.89 bits per heavy atom. The van der Waals surface area contributed by atoms with Gasteiger partial charge < -0.3 is 19.5 Å². The van der Waals surface area contributed by atoms with Gasteiger partial charge in [0.25, 0.3) is 5.91 Å². The Kier molecular flexibility index (Phi) is 5.70. The summed E-state index contributed by atoms with van der Waals surface area (Å²) in [6.45, 7) is 5.11. The minimum atomic E-state index is -0.791. The second kappa shape index (κ2) is 8.00. The van der Waals surface area contributed by atoms with Crippen LogP contribution in [0.4, 0.5) is 0 Å². The van der Waals surface area contributed by atoms with Crippen LogP contribution in [0, 0.1) is 5.92 Å². The molecule has 3 rings (SSSR count). The van der Waals surface area contributed by atoms with Gasteiger partial charge in [0.05, 0.1) is 18.4 Å². The van der Waals surface area contributed by atoms with Crippen LogP contribution in [0.25, 0.3) is 0 Å². The van der Waals surface area contributed by atoms with Gasteiger partial charge in [0.2, 0.25) is 0 Å². The van der Waals surface area contributed by atoms with Crippen molar-refractivity contribution in [1.82, 2.24) is 15.1 Å². The SMILES string of the molecule is COc1cccc(OCc2cc(C(=O)N3CCCC(C(C)(C)O)C3)n[nH]2)c1. The van der Waals surface area contributed by atoms with Gasteiger partial charge in [-0.15, -0.1) is 0 Å². The summed E-state index contributed by atoms with van der Waals surface area (Å²) < 4.78 is 10.9. The number of carbonyl (C=O) groups is 1. The lowest BCUT2D eigenvalue weighted by atomic mass is 9.84. The summed E-state index contributed by atoms with van der Waals surface area (Å²) in [4.78, 5) is 14.5. The summed E-state index contributed by atoms with van der Waals surface area (Å²) in [7, 11) is 1.61. The maximum atomic E-state index is 12.7. The third-order valence-electron chi connectivity index (χ3n) is 4.99. The number of carbonyl (C=O) groups excluding carboxylic acids is 1. The van der Waals surface area contributed by atoms with Crippen LogP contribution in [0.15, 0.2) is 30.3 Å². The Morgan fingerprint density at radius 2 is 2.15 bits per heavy atom. The first-order valence-corrected chi connectivity index (χ1v) is 9.19. The van der Waals surface area contributed by atoms with Crippen molar-refractivity contribution in [3.63, 3.8) is 0 Å². The van der Waals surface area contributed by atoms with Crippen LogP contribution in [0.1, 0.15) is 42.9 Å². The van der Waals surface area contributed by atoms with Crippen LogP contribution in [-0.4, -0.2) is 51.9 Å². The number of likely N-dealkylation sites (tertiary alicyclic amines) is 1. The van der Waals surface area contributed by atoms with E-state index in [9.17, 15) is 9.90 Å². The number of nitrogens with one attached hydrogen (secondary N) is 1. The minimum Gasteiger partial charge on any atom is -0.497 e. The first-order valence-electron chi connectivity index (χ1n) is 9.19. The lowest BCUT2D eigenvalue weighted by molar-refractivity contribution is -0.0147. The molecular formula is C20H27N3O4. The highest BCUT2D eigenvalue weighted by Gasteiger charge is 2.33. The predicted molar refractivity (Wildman–Crippen MR) is 101 cm³/mol. The zero-order valence-electron chi connectivity index (χ0n) is 16.1. The molecule has 146 valence electrons. The van der Waals surface area contributed by atoms with Crippen LogP contribution in [-0.2, 0) is 6.61 Å². The molecule has 1 atom stereocenters. The van der Waals surface area contributed by atoms with Crippen LogP contribution in [0.5, 0.6) is 11.5 Å². The first-order chi connectivity index (χ1) is 12.9. The molecule has 2 heterocycles. The van der Waals surface area contributed by atoms with E-state index in [1.807, 2.05) is 18.2 Å². The summed E-state index contributed by atoms with van der Waals surface area (Å²) in [5.74, 6) is 1.36. The van der Waals surface area contributed by atoms with E-state index in [4.69, 9.17) is 9.47 Å². The highest BCUT2D eigenvalue weighted by molar-refractivity contribution is 5.92. The number of nitrogens with zero attached hydrogens (tertiary/aromatic N) is 2. The third kappa shape index (κ3) is 4.80. The number of aromatic nitrogens is 2. The van der Waals surface area contributed by atoms with Gasteiger partial charge >= 0.3 is 0 Å². The smallest absolute Gasteiger partial charge is 0.274 e. The monoisotopic (exact) mass is 373 g/mol. The van der Waals surface area contributed by atoms with Crippen molar-refractivity contribution in [2.45, 2.75) is 38.9 Å². The zero-order valence-corrected chi connectivity index (χ0v) is 16.1. The second-order valence-electron chi connectivity index (χ2n) is 7.49.